The molecular formula is C14H12O5. The van der Waals surface area contributed by atoms with Crippen LogP contribution in [0.4, 0.5) is 0 Å². The van der Waals surface area contributed by atoms with E-state index in [9.17, 15) is 9.59 Å². The van der Waals surface area contributed by atoms with Gasteiger partial charge in [-0.05, 0) is 11.6 Å². The lowest BCUT2D eigenvalue weighted by Crippen LogP contribution is -2.13. The minimum Gasteiger partial charge on any atom is -0.477 e. The fourth-order valence-electron chi connectivity index (χ4n) is 1.57. The van der Waals surface area contributed by atoms with Gasteiger partial charge in [-0.25, -0.2) is 4.79 Å². The molecule has 1 aliphatic rings. The Kier molecular flexibility index (Phi) is 3.97. The van der Waals surface area contributed by atoms with E-state index in [1.165, 1.54) is 6.08 Å². The molecule has 5 heteroatoms. The number of benzene rings is 1. The van der Waals surface area contributed by atoms with E-state index in [1.54, 1.807) is 18.2 Å². The SMILES string of the molecule is O=C(O)C(C(=O)/C=C/c1ccccc1)=C1OCCO1. The summed E-state index contributed by atoms with van der Waals surface area (Å²) in [5.74, 6) is -2.23. The van der Waals surface area contributed by atoms with Crippen molar-refractivity contribution in [3.05, 3.63) is 53.5 Å². The zero-order chi connectivity index (χ0) is 13.7. The molecule has 0 radical (unpaired) electrons. The number of ketones is 1. The second kappa shape index (κ2) is 5.86. The highest BCUT2D eigenvalue weighted by molar-refractivity contribution is 6.22. The van der Waals surface area contributed by atoms with Gasteiger partial charge < -0.3 is 14.6 Å². The summed E-state index contributed by atoms with van der Waals surface area (Å²) in [6.45, 7) is 0.504. The van der Waals surface area contributed by atoms with Crippen LogP contribution in [0.1, 0.15) is 5.56 Å². The summed E-state index contributed by atoms with van der Waals surface area (Å²) in [5.41, 5.74) is 0.323. The van der Waals surface area contributed by atoms with Crippen molar-refractivity contribution >= 4 is 17.8 Å². The molecule has 0 unspecified atom stereocenters. The molecule has 1 aromatic rings. The van der Waals surface area contributed by atoms with Gasteiger partial charge in [0.25, 0.3) is 5.95 Å². The second-order valence-electron chi connectivity index (χ2n) is 3.77. The smallest absolute Gasteiger partial charge is 0.347 e. The van der Waals surface area contributed by atoms with Crippen LogP contribution < -0.4 is 0 Å². The van der Waals surface area contributed by atoms with Gasteiger partial charge in [0.2, 0.25) is 0 Å². The molecule has 0 aromatic heterocycles. The predicted molar refractivity (Wildman–Crippen MR) is 67.0 cm³/mol. The van der Waals surface area contributed by atoms with Crippen molar-refractivity contribution in [3.63, 3.8) is 0 Å². The number of carboxylic acid groups (broad SMARTS) is 1. The lowest BCUT2D eigenvalue weighted by atomic mass is 10.1. The van der Waals surface area contributed by atoms with Crippen LogP contribution in [0.3, 0.4) is 0 Å². The van der Waals surface area contributed by atoms with Crippen molar-refractivity contribution in [1.82, 2.24) is 0 Å². The van der Waals surface area contributed by atoms with Crippen molar-refractivity contribution in [2.45, 2.75) is 0 Å². The molecule has 98 valence electrons. The maximum Gasteiger partial charge on any atom is 0.347 e. The van der Waals surface area contributed by atoms with Gasteiger partial charge in [0, 0.05) is 0 Å². The van der Waals surface area contributed by atoms with Gasteiger partial charge >= 0.3 is 5.97 Å². The molecule has 1 aromatic carbocycles. The number of hydrogen-bond acceptors (Lipinski definition) is 4. The zero-order valence-electron chi connectivity index (χ0n) is 10.0. The zero-order valence-corrected chi connectivity index (χ0v) is 10.0. The largest absolute Gasteiger partial charge is 0.477 e. The van der Waals surface area contributed by atoms with Crippen LogP contribution >= 0.6 is 0 Å². The Balaban J connectivity index is 2.20. The highest BCUT2D eigenvalue weighted by atomic mass is 16.7. The van der Waals surface area contributed by atoms with E-state index < -0.39 is 17.3 Å². The van der Waals surface area contributed by atoms with Gasteiger partial charge in [-0.15, -0.1) is 0 Å². The number of allylic oxidation sites excluding steroid dienone is 1. The molecule has 19 heavy (non-hydrogen) atoms. The minimum absolute atomic E-state index is 0.213. The summed E-state index contributed by atoms with van der Waals surface area (Å²) in [6.07, 6.45) is 2.73. The summed E-state index contributed by atoms with van der Waals surface area (Å²) in [5, 5.41) is 9.03. The van der Waals surface area contributed by atoms with Crippen LogP contribution in [-0.2, 0) is 19.1 Å². The number of ether oxygens (including phenoxy) is 2. The Morgan fingerprint density at radius 2 is 1.74 bits per heavy atom. The number of rotatable bonds is 4. The summed E-state index contributed by atoms with van der Waals surface area (Å²) in [6, 6.07) is 9.11. The Labute approximate surface area is 109 Å². The van der Waals surface area contributed by atoms with Gasteiger partial charge in [0.1, 0.15) is 13.2 Å². The Hall–Kier alpha value is -2.56. The first kappa shape index (κ1) is 12.9. The maximum absolute atomic E-state index is 11.9. The quantitative estimate of drug-likeness (QED) is 0.506. The van der Waals surface area contributed by atoms with Crippen molar-refractivity contribution in [2.24, 2.45) is 0 Å². The molecule has 2 rings (SSSR count). The molecule has 0 spiro atoms. The molecule has 1 heterocycles. The number of aliphatic carboxylic acids is 1. The molecule has 5 nitrogen and oxygen atoms in total. The Bertz CT molecular complexity index is 534. The first-order chi connectivity index (χ1) is 9.18. The summed E-state index contributed by atoms with van der Waals surface area (Å²) < 4.78 is 9.94. The van der Waals surface area contributed by atoms with Crippen molar-refractivity contribution in [3.8, 4) is 0 Å². The number of carboxylic acids is 1. The summed E-state index contributed by atoms with van der Waals surface area (Å²) >= 11 is 0. The third-order valence-electron chi connectivity index (χ3n) is 2.44. The maximum atomic E-state index is 11.9. The number of carbonyl (C=O) groups is 2. The molecule has 1 fully saturated rings. The van der Waals surface area contributed by atoms with Crippen LogP contribution in [0.5, 0.6) is 0 Å². The van der Waals surface area contributed by atoms with E-state index >= 15 is 0 Å². The molecular weight excluding hydrogens is 248 g/mol. The molecule has 0 atom stereocenters. The second-order valence-corrected chi connectivity index (χ2v) is 3.77. The van der Waals surface area contributed by atoms with Crippen LogP contribution in [0, 0.1) is 0 Å². The third-order valence-corrected chi connectivity index (χ3v) is 2.44. The molecule has 0 bridgehead atoms. The summed E-state index contributed by atoms with van der Waals surface area (Å²) in [7, 11) is 0. The lowest BCUT2D eigenvalue weighted by Gasteiger charge is -2.02. The van der Waals surface area contributed by atoms with Crippen LogP contribution in [0.25, 0.3) is 6.08 Å². The van der Waals surface area contributed by atoms with E-state index in [2.05, 4.69) is 0 Å². The Morgan fingerprint density at radius 3 is 2.32 bits per heavy atom. The van der Waals surface area contributed by atoms with E-state index in [0.29, 0.717) is 0 Å². The van der Waals surface area contributed by atoms with Crippen LogP contribution in [0.2, 0.25) is 0 Å². The highest BCUT2D eigenvalue weighted by Gasteiger charge is 2.26. The minimum atomic E-state index is -1.36. The third kappa shape index (κ3) is 3.22. The van der Waals surface area contributed by atoms with Crippen molar-refractivity contribution in [1.29, 1.82) is 0 Å². The van der Waals surface area contributed by atoms with Crippen LogP contribution in [0.15, 0.2) is 47.9 Å². The average Bonchev–Trinajstić information content (AvgIpc) is 2.91. The highest BCUT2D eigenvalue weighted by Crippen LogP contribution is 2.16. The Morgan fingerprint density at radius 1 is 1.11 bits per heavy atom. The van der Waals surface area contributed by atoms with Crippen molar-refractivity contribution in [2.75, 3.05) is 13.2 Å². The van der Waals surface area contributed by atoms with Gasteiger partial charge in [-0.2, -0.15) is 0 Å². The average molecular weight is 260 g/mol. The van der Waals surface area contributed by atoms with Gasteiger partial charge in [-0.1, -0.05) is 36.4 Å². The van der Waals surface area contributed by atoms with Crippen molar-refractivity contribution < 1.29 is 24.2 Å². The van der Waals surface area contributed by atoms with E-state index in [0.717, 1.165) is 5.56 Å². The molecule has 0 saturated carbocycles. The standard InChI is InChI=1S/C14H12O5/c15-11(7-6-10-4-2-1-3-5-10)12(13(16)17)14-18-8-9-19-14/h1-7H,8-9H2,(H,16,17)/b7-6+. The lowest BCUT2D eigenvalue weighted by molar-refractivity contribution is -0.134. The number of carbonyl (C=O) groups excluding carboxylic acids is 1. The molecule has 0 amide bonds. The van der Waals surface area contributed by atoms with Crippen LogP contribution in [-0.4, -0.2) is 30.1 Å². The first-order valence-electron chi connectivity index (χ1n) is 5.69. The first-order valence-corrected chi connectivity index (χ1v) is 5.69. The molecule has 1 aliphatic heterocycles. The summed E-state index contributed by atoms with van der Waals surface area (Å²) in [4.78, 5) is 22.9. The topological polar surface area (TPSA) is 72.8 Å². The predicted octanol–water partition coefficient (Wildman–Crippen LogP) is 1.61. The van der Waals surface area contributed by atoms with Gasteiger partial charge in [0.05, 0.1) is 0 Å². The fourth-order valence-corrected chi connectivity index (χ4v) is 1.57. The fraction of sp³-hybridized carbons (Fsp3) is 0.143. The normalized spacial score (nSPS) is 14.0. The van der Waals surface area contributed by atoms with E-state index in [1.807, 2.05) is 18.2 Å². The van der Waals surface area contributed by atoms with E-state index in [-0.39, 0.29) is 19.2 Å². The number of hydrogen-bond donors (Lipinski definition) is 1. The molecule has 0 aliphatic carbocycles. The van der Waals surface area contributed by atoms with E-state index in [4.69, 9.17) is 14.6 Å². The molecule has 1 saturated heterocycles. The molecule has 1 N–H and O–H groups in total. The van der Waals surface area contributed by atoms with Gasteiger partial charge in [-0.3, -0.25) is 4.79 Å². The monoisotopic (exact) mass is 260 g/mol. The van der Waals surface area contributed by atoms with Gasteiger partial charge in [0.15, 0.2) is 11.4 Å².